The van der Waals surface area contributed by atoms with Crippen LogP contribution >= 0.6 is 0 Å². The van der Waals surface area contributed by atoms with E-state index < -0.39 is 24.2 Å². The van der Waals surface area contributed by atoms with Crippen molar-refractivity contribution >= 4 is 46.2 Å². The Hall–Kier alpha value is -5.65. The fraction of sp³-hybridized carbons (Fsp3) is 0.375. The molecule has 2 aromatic carbocycles. The highest BCUT2D eigenvalue weighted by molar-refractivity contribution is 5.99. The highest BCUT2D eigenvalue weighted by Gasteiger charge is 2.39. The summed E-state index contributed by atoms with van der Waals surface area (Å²) in [6.45, 7) is 4.67. The van der Waals surface area contributed by atoms with Crippen LogP contribution in [0.3, 0.4) is 0 Å². The number of fused-ring (bicyclic) bond motifs is 1. The summed E-state index contributed by atoms with van der Waals surface area (Å²) in [4.78, 5) is 77.3. The molecule has 0 bridgehead atoms. The van der Waals surface area contributed by atoms with Gasteiger partial charge < -0.3 is 25.2 Å². The third kappa shape index (κ3) is 8.28. The van der Waals surface area contributed by atoms with Crippen molar-refractivity contribution in [2.45, 2.75) is 70.5 Å². The van der Waals surface area contributed by atoms with Crippen LogP contribution in [-0.2, 0) is 36.8 Å². The number of nitrogens with zero attached hydrogens (tertiary/aromatic N) is 4. The maximum atomic E-state index is 13.4. The fourth-order valence-electron chi connectivity index (χ4n) is 7.05. The molecule has 3 atom stereocenters. The lowest BCUT2D eigenvalue weighted by molar-refractivity contribution is -0.139. The van der Waals surface area contributed by atoms with Crippen molar-refractivity contribution < 1.29 is 28.7 Å². The van der Waals surface area contributed by atoms with Gasteiger partial charge in [0.05, 0.1) is 26.0 Å². The SMILES string of the molecule is COC(=O)N[C@H](C(=O)N1CCC[C@H]1C(=O)Cc1ccc(-c2ccc3cnc(NC(=O)[C@@H]4CCCN4C(=O)Cc4ccccc4)cc3c2)cn1)C(C)C. The van der Waals surface area contributed by atoms with Gasteiger partial charge in [-0.15, -0.1) is 0 Å². The van der Waals surface area contributed by atoms with E-state index in [1.54, 1.807) is 22.2 Å². The Kier molecular flexibility index (Phi) is 11.2. The van der Waals surface area contributed by atoms with Gasteiger partial charge in [0, 0.05) is 42.1 Å². The predicted molar refractivity (Wildman–Crippen MR) is 196 cm³/mol. The second-order valence-electron chi connectivity index (χ2n) is 13.8. The minimum Gasteiger partial charge on any atom is -0.453 e. The van der Waals surface area contributed by atoms with Crippen LogP contribution in [0.5, 0.6) is 0 Å². The van der Waals surface area contributed by atoms with Crippen molar-refractivity contribution in [2.24, 2.45) is 5.92 Å². The number of alkyl carbamates (subject to hydrolysis) is 1. The number of aromatic nitrogens is 2. The molecule has 52 heavy (non-hydrogen) atoms. The number of likely N-dealkylation sites (tertiary alicyclic amines) is 2. The first-order valence-corrected chi connectivity index (χ1v) is 17.8. The predicted octanol–water partition coefficient (Wildman–Crippen LogP) is 4.95. The summed E-state index contributed by atoms with van der Waals surface area (Å²) in [5.41, 5.74) is 3.27. The molecule has 6 rings (SSSR count). The fourth-order valence-corrected chi connectivity index (χ4v) is 7.05. The Morgan fingerprint density at radius 2 is 1.54 bits per heavy atom. The molecule has 4 amide bonds. The van der Waals surface area contributed by atoms with Crippen LogP contribution in [0.2, 0.25) is 0 Å². The normalized spacial score (nSPS) is 17.6. The van der Waals surface area contributed by atoms with E-state index >= 15 is 0 Å². The number of anilines is 1. The van der Waals surface area contributed by atoms with Gasteiger partial charge in [0.2, 0.25) is 17.7 Å². The number of benzene rings is 2. The summed E-state index contributed by atoms with van der Waals surface area (Å²) in [6, 6.07) is 19.1. The number of pyridine rings is 2. The van der Waals surface area contributed by atoms with E-state index in [4.69, 9.17) is 4.74 Å². The molecule has 2 aliphatic rings. The largest absolute Gasteiger partial charge is 0.453 e. The van der Waals surface area contributed by atoms with Crippen molar-refractivity contribution in [3.05, 3.63) is 90.4 Å². The van der Waals surface area contributed by atoms with E-state index in [0.29, 0.717) is 43.9 Å². The number of ether oxygens (including phenoxy) is 1. The van der Waals surface area contributed by atoms with Crippen molar-refractivity contribution in [1.29, 1.82) is 0 Å². The van der Waals surface area contributed by atoms with Crippen molar-refractivity contribution in [3.8, 4) is 11.1 Å². The Morgan fingerprint density at radius 1 is 0.808 bits per heavy atom. The van der Waals surface area contributed by atoms with Gasteiger partial charge in [-0.3, -0.25) is 24.2 Å². The van der Waals surface area contributed by atoms with Crippen LogP contribution in [0.1, 0.15) is 50.8 Å². The Balaban J connectivity index is 1.09. The van der Waals surface area contributed by atoms with Gasteiger partial charge in [-0.25, -0.2) is 9.78 Å². The molecule has 12 nitrogen and oxygen atoms in total. The maximum Gasteiger partial charge on any atom is 0.407 e. The molecule has 0 spiro atoms. The highest BCUT2D eigenvalue weighted by atomic mass is 16.5. The van der Waals surface area contributed by atoms with E-state index in [2.05, 4.69) is 20.6 Å². The van der Waals surface area contributed by atoms with E-state index in [0.717, 1.165) is 33.9 Å². The highest BCUT2D eigenvalue weighted by Crippen LogP contribution is 2.27. The first-order chi connectivity index (χ1) is 25.1. The topological polar surface area (TPSA) is 151 Å². The number of methoxy groups -OCH3 is 1. The number of ketones is 1. The molecule has 0 unspecified atom stereocenters. The zero-order chi connectivity index (χ0) is 36.8. The van der Waals surface area contributed by atoms with Crippen LogP contribution in [-0.4, -0.2) is 87.7 Å². The van der Waals surface area contributed by atoms with Gasteiger partial charge in [-0.05, 0) is 66.3 Å². The van der Waals surface area contributed by atoms with Crippen LogP contribution in [0, 0.1) is 5.92 Å². The van der Waals surface area contributed by atoms with Crippen molar-refractivity contribution in [1.82, 2.24) is 25.1 Å². The number of amides is 4. The van der Waals surface area contributed by atoms with Crippen molar-refractivity contribution in [3.63, 3.8) is 0 Å². The van der Waals surface area contributed by atoms with Gasteiger partial charge in [-0.2, -0.15) is 0 Å². The monoisotopic (exact) mass is 704 g/mol. The van der Waals surface area contributed by atoms with E-state index in [9.17, 15) is 24.0 Å². The molecule has 2 fully saturated rings. The number of rotatable bonds is 11. The van der Waals surface area contributed by atoms with Crippen LogP contribution < -0.4 is 10.6 Å². The number of hydrogen-bond acceptors (Lipinski definition) is 8. The summed E-state index contributed by atoms with van der Waals surface area (Å²) >= 11 is 0. The zero-order valence-corrected chi connectivity index (χ0v) is 29.7. The zero-order valence-electron chi connectivity index (χ0n) is 29.7. The first kappa shape index (κ1) is 36.2. The van der Waals surface area contributed by atoms with Gasteiger partial charge in [0.15, 0.2) is 5.78 Å². The first-order valence-electron chi connectivity index (χ1n) is 17.8. The molecule has 4 heterocycles. The van der Waals surface area contributed by atoms with Crippen LogP contribution in [0.15, 0.2) is 79.1 Å². The van der Waals surface area contributed by atoms with Crippen molar-refractivity contribution in [2.75, 3.05) is 25.5 Å². The molecule has 2 N–H and O–H groups in total. The van der Waals surface area contributed by atoms with E-state index in [1.165, 1.54) is 7.11 Å². The van der Waals surface area contributed by atoms with Crippen LogP contribution in [0.4, 0.5) is 10.6 Å². The molecular weight excluding hydrogens is 660 g/mol. The maximum absolute atomic E-state index is 13.4. The number of hydrogen-bond donors (Lipinski definition) is 2. The Labute approximate surface area is 302 Å². The summed E-state index contributed by atoms with van der Waals surface area (Å²) in [5, 5.41) is 7.31. The lowest BCUT2D eigenvalue weighted by Gasteiger charge is -2.30. The van der Waals surface area contributed by atoms with Gasteiger partial charge in [-0.1, -0.05) is 62.4 Å². The van der Waals surface area contributed by atoms with Crippen LogP contribution in [0.25, 0.3) is 21.9 Å². The smallest absolute Gasteiger partial charge is 0.407 e. The third-order valence-corrected chi connectivity index (χ3v) is 9.86. The van der Waals surface area contributed by atoms with Gasteiger partial charge in [0.1, 0.15) is 17.9 Å². The van der Waals surface area contributed by atoms with Gasteiger partial charge >= 0.3 is 6.09 Å². The quantitative estimate of drug-likeness (QED) is 0.223. The Bertz CT molecular complexity index is 1950. The lowest BCUT2D eigenvalue weighted by atomic mass is 10.00. The average molecular weight is 705 g/mol. The molecule has 4 aromatic rings. The number of nitrogens with one attached hydrogen (secondary N) is 2. The summed E-state index contributed by atoms with van der Waals surface area (Å²) in [7, 11) is 1.25. The van der Waals surface area contributed by atoms with Gasteiger partial charge in [0.25, 0.3) is 0 Å². The number of Topliss-reactive ketones (excluding diaryl/α,β-unsaturated/α-hetero) is 1. The molecule has 12 heteroatoms. The molecule has 2 aromatic heterocycles. The second kappa shape index (κ2) is 16.1. The summed E-state index contributed by atoms with van der Waals surface area (Å²) < 4.78 is 4.70. The third-order valence-electron chi connectivity index (χ3n) is 9.86. The molecule has 0 aliphatic carbocycles. The molecule has 270 valence electrons. The molecule has 2 aliphatic heterocycles. The number of carbonyl (C=O) groups is 5. The summed E-state index contributed by atoms with van der Waals surface area (Å²) in [5.74, 6) is -0.476. The Morgan fingerprint density at radius 3 is 2.25 bits per heavy atom. The molecule has 0 radical (unpaired) electrons. The van der Waals surface area contributed by atoms with E-state index in [-0.39, 0.29) is 42.3 Å². The molecular formula is C40H44N6O6. The standard InChI is InChI=1S/C40H44N6O6/c1-25(2)37(44-40(51)52-3)39(50)46-18-7-11-32(46)34(47)22-31-16-15-28(23-41-31)27-13-14-29-24-42-35(21-30(29)20-27)43-38(49)33-12-8-17-45(33)36(48)19-26-9-5-4-6-10-26/h4-6,9-10,13-16,20-21,23-25,32-33,37H,7-8,11-12,17-19,22H2,1-3H3,(H,44,51)(H,42,43,49)/t32-,33-,37-/m0/s1. The average Bonchev–Trinajstić information content (AvgIpc) is 3.85. The molecule has 2 saturated heterocycles. The summed E-state index contributed by atoms with van der Waals surface area (Å²) in [6.07, 6.45) is 5.71. The minimum absolute atomic E-state index is 0.0654. The molecule has 0 saturated carbocycles. The number of carbonyl (C=O) groups excluding carboxylic acids is 5. The second-order valence-corrected chi connectivity index (χ2v) is 13.8. The minimum atomic E-state index is -0.790. The van der Waals surface area contributed by atoms with E-state index in [1.807, 2.05) is 80.6 Å². The lowest BCUT2D eigenvalue weighted by Crippen LogP contribution is -2.53.